The van der Waals surface area contributed by atoms with Gasteiger partial charge in [-0.2, -0.15) is 0 Å². The van der Waals surface area contributed by atoms with Gasteiger partial charge in [-0.1, -0.05) is 12.1 Å². The minimum absolute atomic E-state index is 0.185. The van der Waals surface area contributed by atoms with Gasteiger partial charge < -0.3 is 10.3 Å². The average molecular weight is 205 g/mol. The molecule has 2 N–H and O–H groups in total. The van der Waals surface area contributed by atoms with E-state index in [0.717, 1.165) is 5.82 Å². The molecule has 4 heteroatoms. The van der Waals surface area contributed by atoms with Crippen molar-refractivity contribution in [3.05, 3.63) is 47.8 Å². The quantitative estimate of drug-likeness (QED) is 0.761. The molecule has 15 heavy (non-hydrogen) atoms. The van der Waals surface area contributed by atoms with Gasteiger partial charge in [-0.25, -0.2) is 9.37 Å². The third-order valence-electron chi connectivity index (χ3n) is 2.37. The minimum atomic E-state index is -0.342. The summed E-state index contributed by atoms with van der Waals surface area (Å²) in [6, 6.07) is 5.03. The number of benzene rings is 1. The van der Waals surface area contributed by atoms with Crippen LogP contribution < -0.4 is 5.73 Å². The molecule has 0 fully saturated rings. The van der Waals surface area contributed by atoms with Gasteiger partial charge in [-0.05, 0) is 13.0 Å². The van der Waals surface area contributed by atoms with Gasteiger partial charge in [0.1, 0.15) is 5.82 Å². The molecule has 0 radical (unpaired) electrons. The molecule has 0 aliphatic rings. The number of imidazole rings is 1. The SMILES string of the molecule is Cc1nccn1Cc1cccc(N)c1F. The van der Waals surface area contributed by atoms with Crippen molar-refractivity contribution in [2.75, 3.05) is 5.73 Å². The number of nitrogen functional groups attached to an aromatic ring is 1. The van der Waals surface area contributed by atoms with Crippen LogP contribution in [0, 0.1) is 12.7 Å². The van der Waals surface area contributed by atoms with Gasteiger partial charge in [0.2, 0.25) is 0 Å². The lowest BCUT2D eigenvalue weighted by Gasteiger charge is -2.07. The number of halogens is 1. The van der Waals surface area contributed by atoms with E-state index in [1.165, 1.54) is 0 Å². The van der Waals surface area contributed by atoms with Crippen LogP contribution >= 0.6 is 0 Å². The second-order valence-electron chi connectivity index (χ2n) is 3.42. The van der Waals surface area contributed by atoms with Crippen molar-refractivity contribution >= 4 is 5.69 Å². The van der Waals surface area contributed by atoms with Crippen molar-refractivity contribution in [3.63, 3.8) is 0 Å². The number of nitrogens with zero attached hydrogens (tertiary/aromatic N) is 2. The maximum Gasteiger partial charge on any atom is 0.151 e. The average Bonchev–Trinajstić information content (AvgIpc) is 2.60. The van der Waals surface area contributed by atoms with E-state index in [1.807, 2.05) is 17.7 Å². The molecule has 0 saturated carbocycles. The van der Waals surface area contributed by atoms with E-state index >= 15 is 0 Å². The summed E-state index contributed by atoms with van der Waals surface area (Å²) in [7, 11) is 0. The van der Waals surface area contributed by atoms with Gasteiger partial charge in [0.25, 0.3) is 0 Å². The highest BCUT2D eigenvalue weighted by Crippen LogP contribution is 2.16. The highest BCUT2D eigenvalue weighted by Gasteiger charge is 2.06. The van der Waals surface area contributed by atoms with E-state index in [0.29, 0.717) is 12.1 Å². The third kappa shape index (κ3) is 1.83. The summed E-state index contributed by atoms with van der Waals surface area (Å²) < 4.78 is 15.4. The van der Waals surface area contributed by atoms with E-state index in [4.69, 9.17) is 5.73 Å². The molecular formula is C11H12FN3. The Hall–Kier alpha value is -1.84. The molecular weight excluding hydrogens is 193 g/mol. The fourth-order valence-electron chi connectivity index (χ4n) is 1.48. The number of aryl methyl sites for hydroxylation is 1. The van der Waals surface area contributed by atoms with Crippen molar-refractivity contribution in [3.8, 4) is 0 Å². The van der Waals surface area contributed by atoms with Crippen LogP contribution in [0.1, 0.15) is 11.4 Å². The first-order chi connectivity index (χ1) is 7.18. The zero-order chi connectivity index (χ0) is 10.8. The molecule has 0 aliphatic heterocycles. The Labute approximate surface area is 87.4 Å². The molecule has 0 spiro atoms. The summed E-state index contributed by atoms with van der Waals surface area (Å²) in [4.78, 5) is 4.07. The van der Waals surface area contributed by atoms with E-state index in [-0.39, 0.29) is 11.5 Å². The zero-order valence-corrected chi connectivity index (χ0v) is 8.44. The van der Waals surface area contributed by atoms with Crippen LogP contribution in [0.3, 0.4) is 0 Å². The van der Waals surface area contributed by atoms with Crippen molar-refractivity contribution in [2.24, 2.45) is 0 Å². The van der Waals surface area contributed by atoms with Crippen molar-refractivity contribution in [1.82, 2.24) is 9.55 Å². The minimum Gasteiger partial charge on any atom is -0.396 e. The fraction of sp³-hybridized carbons (Fsp3) is 0.182. The highest BCUT2D eigenvalue weighted by molar-refractivity contribution is 5.42. The number of aromatic nitrogens is 2. The summed E-state index contributed by atoms with van der Waals surface area (Å²) >= 11 is 0. The fourth-order valence-corrected chi connectivity index (χ4v) is 1.48. The van der Waals surface area contributed by atoms with Gasteiger partial charge in [0.05, 0.1) is 12.2 Å². The highest BCUT2D eigenvalue weighted by atomic mass is 19.1. The summed E-state index contributed by atoms with van der Waals surface area (Å²) in [6.45, 7) is 2.34. The molecule has 0 saturated heterocycles. The molecule has 1 heterocycles. The number of anilines is 1. The predicted molar refractivity (Wildman–Crippen MR) is 56.9 cm³/mol. The van der Waals surface area contributed by atoms with Gasteiger partial charge in [-0.3, -0.25) is 0 Å². The van der Waals surface area contributed by atoms with E-state index in [2.05, 4.69) is 4.98 Å². The molecule has 2 rings (SSSR count). The lowest BCUT2D eigenvalue weighted by Crippen LogP contribution is -2.04. The summed E-state index contributed by atoms with van der Waals surface area (Å²) in [5.74, 6) is 0.516. The Bertz CT molecular complexity index is 476. The van der Waals surface area contributed by atoms with Crippen LogP contribution in [-0.2, 0) is 6.54 Å². The molecule has 1 aromatic heterocycles. The molecule has 0 amide bonds. The van der Waals surface area contributed by atoms with Gasteiger partial charge in [-0.15, -0.1) is 0 Å². The molecule has 3 nitrogen and oxygen atoms in total. The maximum absolute atomic E-state index is 13.6. The van der Waals surface area contributed by atoms with Crippen molar-refractivity contribution in [1.29, 1.82) is 0 Å². The molecule has 78 valence electrons. The van der Waals surface area contributed by atoms with Crippen LogP contribution in [0.25, 0.3) is 0 Å². The number of rotatable bonds is 2. The second-order valence-corrected chi connectivity index (χ2v) is 3.42. The molecule has 1 aromatic carbocycles. The predicted octanol–water partition coefficient (Wildman–Crippen LogP) is 1.96. The van der Waals surface area contributed by atoms with Gasteiger partial charge in [0.15, 0.2) is 5.82 Å². The molecule has 0 unspecified atom stereocenters. The van der Waals surface area contributed by atoms with Crippen LogP contribution in [0.15, 0.2) is 30.6 Å². The Kier molecular flexibility index (Phi) is 2.41. The van der Waals surface area contributed by atoms with E-state index in [1.54, 1.807) is 24.4 Å². The number of hydrogen-bond donors (Lipinski definition) is 1. The number of hydrogen-bond acceptors (Lipinski definition) is 2. The Morgan fingerprint density at radius 1 is 1.47 bits per heavy atom. The first kappa shape index (κ1) is 9.71. The summed E-state index contributed by atoms with van der Waals surface area (Å²) in [6.07, 6.45) is 3.51. The Morgan fingerprint density at radius 2 is 2.27 bits per heavy atom. The monoisotopic (exact) mass is 205 g/mol. The van der Waals surface area contributed by atoms with E-state index < -0.39 is 0 Å². The lowest BCUT2D eigenvalue weighted by molar-refractivity contribution is 0.601. The van der Waals surface area contributed by atoms with Gasteiger partial charge in [0, 0.05) is 18.0 Å². The molecule has 0 bridgehead atoms. The number of nitrogens with two attached hydrogens (primary N) is 1. The van der Waals surface area contributed by atoms with Crippen LogP contribution in [0.4, 0.5) is 10.1 Å². The molecule has 0 atom stereocenters. The first-order valence-electron chi connectivity index (χ1n) is 4.69. The zero-order valence-electron chi connectivity index (χ0n) is 8.44. The van der Waals surface area contributed by atoms with Crippen molar-refractivity contribution in [2.45, 2.75) is 13.5 Å². The topological polar surface area (TPSA) is 43.8 Å². The van der Waals surface area contributed by atoms with Crippen LogP contribution in [-0.4, -0.2) is 9.55 Å². The summed E-state index contributed by atoms with van der Waals surface area (Å²) in [5, 5.41) is 0. The smallest absolute Gasteiger partial charge is 0.151 e. The first-order valence-corrected chi connectivity index (χ1v) is 4.69. The Balaban J connectivity index is 2.33. The van der Waals surface area contributed by atoms with Crippen LogP contribution in [0.2, 0.25) is 0 Å². The standard InChI is InChI=1S/C11H12FN3/c1-8-14-5-6-15(8)7-9-3-2-4-10(13)11(9)12/h2-6H,7,13H2,1H3. The summed E-state index contributed by atoms with van der Waals surface area (Å²) in [5.41, 5.74) is 6.25. The molecule has 2 aromatic rings. The Morgan fingerprint density at radius 3 is 2.93 bits per heavy atom. The lowest BCUT2D eigenvalue weighted by atomic mass is 10.2. The van der Waals surface area contributed by atoms with Crippen LogP contribution in [0.5, 0.6) is 0 Å². The third-order valence-corrected chi connectivity index (χ3v) is 2.37. The maximum atomic E-state index is 13.6. The van der Waals surface area contributed by atoms with Crippen molar-refractivity contribution < 1.29 is 4.39 Å². The second kappa shape index (κ2) is 3.73. The largest absolute Gasteiger partial charge is 0.396 e. The molecule has 0 aliphatic carbocycles. The van der Waals surface area contributed by atoms with E-state index in [9.17, 15) is 4.39 Å². The normalized spacial score (nSPS) is 10.5. The van der Waals surface area contributed by atoms with Gasteiger partial charge >= 0.3 is 0 Å².